The maximum absolute atomic E-state index is 15.6. The van der Waals surface area contributed by atoms with E-state index in [2.05, 4.69) is 20.5 Å². The van der Waals surface area contributed by atoms with Crippen molar-refractivity contribution >= 4 is 60.0 Å². The van der Waals surface area contributed by atoms with Crippen LogP contribution in [0.3, 0.4) is 0 Å². The van der Waals surface area contributed by atoms with E-state index in [1.807, 2.05) is 0 Å². The van der Waals surface area contributed by atoms with Gasteiger partial charge in [0.15, 0.2) is 21.3 Å². The molecule has 3 heterocycles. The third-order valence-electron chi connectivity index (χ3n) is 12.0. The van der Waals surface area contributed by atoms with Gasteiger partial charge in [-0.1, -0.05) is 23.7 Å². The molecular formula is C42H41ClF10N8O6S2. The number of carbonyl (C=O) groups excluding carboxylic acids is 2. The second-order valence-corrected chi connectivity index (χ2v) is 22.7. The second-order valence-electron chi connectivity index (χ2n) is 17.8. The minimum atomic E-state index is -5.20. The number of amides is 2. The topological polar surface area (TPSA) is 192 Å². The Bertz CT molecular complexity index is 3120. The summed E-state index contributed by atoms with van der Waals surface area (Å²) in [6.07, 6.45) is -9.91. The standard InChI is InChI=1S/C42H41ClF10N8O6S2/c1-19(54)38(63)61(69(5,66)67)37-32-28(43)9-8-25(34(32)60(58-37)18-40(46,47)48)24-7-6-23(10-11-39(2,3)68(4,64)65)55-33(24)29(14-20-12-21(44)15-22(45)13-20)56-30(62)17-59-36-31(35(57-59)42(51,52)53)26-16-27(26)41(36,49)50/h6-9,12-13,15,19,26-27,29H,10-11,14,16-18,54H2,1-5H3,(H,56,62)/t19-,26-,27?,29?/m0/s1. The Morgan fingerprint density at radius 1 is 0.957 bits per heavy atom. The summed E-state index contributed by atoms with van der Waals surface area (Å²) in [5, 5.41) is 8.80. The highest BCUT2D eigenvalue weighted by Gasteiger charge is 2.68. The molecule has 1 saturated carbocycles. The van der Waals surface area contributed by atoms with Gasteiger partial charge >= 0.3 is 12.4 Å². The number of sulfonamides is 1. The Kier molecular flexibility index (Phi) is 13.1. The molecule has 14 nitrogen and oxygen atoms in total. The van der Waals surface area contributed by atoms with Crippen molar-refractivity contribution in [2.45, 2.75) is 101 Å². The number of hydrogen-bond acceptors (Lipinski definition) is 10. The molecule has 0 saturated heterocycles. The molecule has 27 heteroatoms. The Labute approximate surface area is 392 Å². The molecule has 374 valence electrons. The maximum Gasteiger partial charge on any atom is 0.435 e. The summed E-state index contributed by atoms with van der Waals surface area (Å²) < 4.78 is 197. The number of sulfone groups is 1. The smallest absolute Gasteiger partial charge is 0.346 e. The molecular weight excluding hydrogens is 1000 g/mol. The van der Waals surface area contributed by atoms with Gasteiger partial charge in [-0.2, -0.15) is 49.6 Å². The van der Waals surface area contributed by atoms with E-state index >= 15 is 8.78 Å². The van der Waals surface area contributed by atoms with E-state index < -0.39 is 148 Å². The van der Waals surface area contributed by atoms with Gasteiger partial charge in [0.2, 0.25) is 15.9 Å². The molecule has 2 aliphatic carbocycles. The molecule has 2 aromatic carbocycles. The number of alkyl halides is 8. The number of carbonyl (C=O) groups is 2. The number of anilines is 1. The molecule has 0 aliphatic heterocycles. The van der Waals surface area contributed by atoms with E-state index in [0.717, 1.165) is 37.4 Å². The highest BCUT2D eigenvalue weighted by atomic mass is 35.5. The summed E-state index contributed by atoms with van der Waals surface area (Å²) in [6, 6.07) is 3.74. The first-order chi connectivity index (χ1) is 31.6. The van der Waals surface area contributed by atoms with Gasteiger partial charge in [-0.3, -0.25) is 23.9 Å². The van der Waals surface area contributed by atoms with Crippen LogP contribution in [-0.4, -0.2) is 82.7 Å². The number of rotatable bonds is 15. The minimum Gasteiger partial charge on any atom is -0.346 e. The lowest BCUT2D eigenvalue weighted by atomic mass is 9.93. The SMILES string of the molecule is C[C@H](N)C(=O)N(c1nn(CC(F)(F)F)c2c(-c3ccc(CCC(C)(C)S(C)(=O)=O)nc3C(Cc3cc(F)cc(F)c3)NC(=O)Cn3nc(C(F)(F)F)c4c3C(F)(F)C3C[C@H]43)ccc(Cl)c12)S(C)(=O)=O. The van der Waals surface area contributed by atoms with Gasteiger partial charge < -0.3 is 11.1 Å². The highest BCUT2D eigenvalue weighted by Crippen LogP contribution is 2.68. The van der Waals surface area contributed by atoms with Crippen molar-refractivity contribution in [3.8, 4) is 11.1 Å². The van der Waals surface area contributed by atoms with Crippen LogP contribution in [-0.2, 0) is 67.5 Å². The fourth-order valence-electron chi connectivity index (χ4n) is 8.43. The molecule has 4 atom stereocenters. The molecule has 3 aromatic heterocycles. The van der Waals surface area contributed by atoms with Crippen LogP contribution < -0.4 is 15.4 Å². The largest absolute Gasteiger partial charge is 0.435 e. The molecule has 2 unspecified atom stereocenters. The average molecular weight is 1040 g/mol. The summed E-state index contributed by atoms with van der Waals surface area (Å²) in [5.41, 5.74) is 0.637. The molecule has 5 aromatic rings. The number of fused-ring (bicyclic) bond motifs is 4. The average Bonchev–Trinajstić information content (AvgIpc) is 3.71. The van der Waals surface area contributed by atoms with Crippen LogP contribution in [0, 0.1) is 17.6 Å². The van der Waals surface area contributed by atoms with E-state index in [1.165, 1.54) is 26.0 Å². The van der Waals surface area contributed by atoms with E-state index in [0.29, 0.717) is 17.0 Å². The summed E-state index contributed by atoms with van der Waals surface area (Å²) >= 11 is 6.59. The van der Waals surface area contributed by atoms with Crippen molar-refractivity contribution in [3.05, 3.63) is 93.0 Å². The van der Waals surface area contributed by atoms with Crippen LogP contribution in [0.1, 0.15) is 79.5 Å². The molecule has 69 heavy (non-hydrogen) atoms. The van der Waals surface area contributed by atoms with Crippen LogP contribution in [0.2, 0.25) is 5.02 Å². The fraction of sp³-hybridized carbons (Fsp3) is 0.452. The fourth-order valence-corrected chi connectivity index (χ4v) is 10.1. The predicted octanol–water partition coefficient (Wildman–Crippen LogP) is 7.51. The zero-order valence-corrected chi connectivity index (χ0v) is 39.2. The number of nitrogens with one attached hydrogen (secondary N) is 1. The van der Waals surface area contributed by atoms with Crippen molar-refractivity contribution in [3.63, 3.8) is 0 Å². The summed E-state index contributed by atoms with van der Waals surface area (Å²) in [6.45, 7) is 0.720. The van der Waals surface area contributed by atoms with E-state index in [-0.39, 0.29) is 56.3 Å². The monoisotopic (exact) mass is 1040 g/mol. The molecule has 0 bridgehead atoms. The van der Waals surface area contributed by atoms with Crippen molar-refractivity contribution in [1.82, 2.24) is 29.9 Å². The first kappa shape index (κ1) is 51.5. The number of halogens is 11. The molecule has 7 rings (SSSR count). The second kappa shape index (κ2) is 17.5. The lowest BCUT2D eigenvalue weighted by molar-refractivity contribution is -0.143. The first-order valence-corrected chi connectivity index (χ1v) is 24.8. The van der Waals surface area contributed by atoms with Crippen LogP contribution in [0.5, 0.6) is 0 Å². The third kappa shape index (κ3) is 10.2. The van der Waals surface area contributed by atoms with Gasteiger partial charge in [-0.05, 0) is 82.2 Å². The Morgan fingerprint density at radius 3 is 2.14 bits per heavy atom. The van der Waals surface area contributed by atoms with Crippen molar-refractivity contribution in [2.75, 3.05) is 16.8 Å². The van der Waals surface area contributed by atoms with Crippen LogP contribution in [0.25, 0.3) is 22.0 Å². The van der Waals surface area contributed by atoms with Crippen LogP contribution in [0.15, 0.2) is 42.5 Å². The van der Waals surface area contributed by atoms with E-state index in [4.69, 9.17) is 17.3 Å². The summed E-state index contributed by atoms with van der Waals surface area (Å²) in [7, 11) is -8.45. The molecule has 0 radical (unpaired) electrons. The number of pyridine rings is 1. The van der Waals surface area contributed by atoms with E-state index in [9.17, 15) is 61.5 Å². The van der Waals surface area contributed by atoms with Gasteiger partial charge in [0.25, 0.3) is 11.8 Å². The molecule has 2 aliphatic rings. The zero-order valence-electron chi connectivity index (χ0n) is 36.8. The molecule has 0 spiro atoms. The minimum absolute atomic E-state index is 0.0641. The van der Waals surface area contributed by atoms with Crippen LogP contribution in [0.4, 0.5) is 49.7 Å². The number of aryl methyl sites for hydroxylation is 1. The van der Waals surface area contributed by atoms with Crippen molar-refractivity contribution in [1.29, 1.82) is 0 Å². The van der Waals surface area contributed by atoms with Gasteiger partial charge in [-0.25, -0.2) is 25.6 Å². The number of hydrogen-bond donors (Lipinski definition) is 2. The quantitative estimate of drug-likeness (QED) is 0.0992. The number of benzene rings is 2. The van der Waals surface area contributed by atoms with Gasteiger partial charge in [0.05, 0.1) is 44.7 Å². The Balaban J connectivity index is 1.47. The van der Waals surface area contributed by atoms with Crippen molar-refractivity contribution in [2.24, 2.45) is 11.7 Å². The maximum atomic E-state index is 15.6. The number of nitrogens with two attached hydrogens (primary N) is 1. The lowest BCUT2D eigenvalue weighted by Gasteiger charge is -2.25. The Morgan fingerprint density at radius 2 is 1.58 bits per heavy atom. The van der Waals surface area contributed by atoms with Crippen molar-refractivity contribution < 1.29 is 70.3 Å². The van der Waals surface area contributed by atoms with Gasteiger partial charge in [-0.15, -0.1) is 0 Å². The molecule has 1 fully saturated rings. The normalized spacial score (nSPS) is 17.9. The molecule has 3 N–H and O–H groups in total. The lowest BCUT2D eigenvalue weighted by Crippen LogP contribution is -2.45. The number of aromatic nitrogens is 5. The zero-order chi connectivity index (χ0) is 51.3. The predicted molar refractivity (Wildman–Crippen MR) is 230 cm³/mol. The Hall–Kier alpha value is -5.34. The first-order valence-electron chi connectivity index (χ1n) is 20.7. The van der Waals surface area contributed by atoms with Crippen LogP contribution >= 0.6 is 11.6 Å². The van der Waals surface area contributed by atoms with E-state index in [1.54, 1.807) is 0 Å². The third-order valence-corrected chi connectivity index (χ3v) is 15.6. The summed E-state index contributed by atoms with van der Waals surface area (Å²) in [5.74, 6) is -12.2. The van der Waals surface area contributed by atoms with Gasteiger partial charge in [0.1, 0.15) is 30.4 Å². The number of nitrogens with zero attached hydrogens (tertiary/aromatic N) is 6. The highest BCUT2D eigenvalue weighted by molar-refractivity contribution is 7.93. The summed E-state index contributed by atoms with van der Waals surface area (Å²) in [4.78, 5) is 32.2. The van der Waals surface area contributed by atoms with Gasteiger partial charge in [0, 0.05) is 40.6 Å². The molecule has 2 amide bonds.